The van der Waals surface area contributed by atoms with Crippen molar-refractivity contribution in [3.8, 4) is 5.75 Å². The summed E-state index contributed by atoms with van der Waals surface area (Å²) in [5.41, 5.74) is 5.52. The van der Waals surface area contributed by atoms with E-state index in [-0.39, 0.29) is 18.6 Å². The summed E-state index contributed by atoms with van der Waals surface area (Å²) in [6.45, 7) is -0.234. The molecule has 0 aliphatic heterocycles. The number of rotatable bonds is 6. The smallest absolute Gasteiger partial charge is 0.255 e. The number of carbonyl (C=O) groups excluding carboxylic acids is 2. The maximum absolute atomic E-state index is 12.5. The Kier molecular flexibility index (Phi) is 6.12. The van der Waals surface area contributed by atoms with Crippen molar-refractivity contribution in [1.29, 1.82) is 0 Å². The zero-order valence-corrected chi connectivity index (χ0v) is 13.5. The van der Waals surface area contributed by atoms with Gasteiger partial charge in [0, 0.05) is 11.3 Å². The van der Waals surface area contributed by atoms with Crippen LogP contribution < -0.4 is 15.8 Å². The molecule has 1 saturated carbocycles. The molecule has 1 aromatic carbocycles. The topological polar surface area (TPSA) is 81.4 Å². The maximum Gasteiger partial charge on any atom is 0.255 e. The van der Waals surface area contributed by atoms with Gasteiger partial charge in [-0.2, -0.15) is 11.8 Å². The Balaban J connectivity index is 2.01. The molecule has 2 amide bonds. The van der Waals surface area contributed by atoms with E-state index in [4.69, 9.17) is 10.5 Å². The normalized spacial score (nSPS) is 21.1. The summed E-state index contributed by atoms with van der Waals surface area (Å²) in [5.74, 6) is -0.340. The molecule has 2 atom stereocenters. The second-order valence-electron chi connectivity index (χ2n) is 5.45. The Labute approximate surface area is 135 Å². The number of hydrogen-bond donors (Lipinski definition) is 2. The highest BCUT2D eigenvalue weighted by atomic mass is 32.2. The molecule has 1 aliphatic rings. The molecular weight excluding hydrogens is 300 g/mol. The Morgan fingerprint density at radius 1 is 1.36 bits per heavy atom. The van der Waals surface area contributed by atoms with E-state index in [2.05, 4.69) is 11.6 Å². The van der Waals surface area contributed by atoms with Crippen LogP contribution in [0.3, 0.4) is 0 Å². The van der Waals surface area contributed by atoms with Gasteiger partial charge >= 0.3 is 0 Å². The van der Waals surface area contributed by atoms with Crippen LogP contribution in [0.2, 0.25) is 0 Å². The third kappa shape index (κ3) is 4.66. The number of para-hydroxylation sites is 1. The number of nitrogens with two attached hydrogens (primary N) is 1. The Bertz CT molecular complexity index is 536. The minimum atomic E-state index is -0.565. The number of amides is 2. The summed E-state index contributed by atoms with van der Waals surface area (Å²) in [5, 5.41) is 3.69. The van der Waals surface area contributed by atoms with E-state index in [0.29, 0.717) is 16.6 Å². The van der Waals surface area contributed by atoms with Crippen molar-refractivity contribution in [3.05, 3.63) is 29.8 Å². The first kappa shape index (κ1) is 16.7. The quantitative estimate of drug-likeness (QED) is 0.839. The summed E-state index contributed by atoms with van der Waals surface area (Å²) in [4.78, 5) is 23.3. The average Bonchev–Trinajstić information content (AvgIpc) is 2.53. The largest absolute Gasteiger partial charge is 0.483 e. The van der Waals surface area contributed by atoms with Crippen molar-refractivity contribution >= 4 is 23.6 Å². The lowest BCUT2D eigenvalue weighted by Gasteiger charge is -2.28. The van der Waals surface area contributed by atoms with Crippen LogP contribution in [-0.4, -0.2) is 36.0 Å². The summed E-state index contributed by atoms with van der Waals surface area (Å²) < 4.78 is 5.31. The molecule has 0 saturated heterocycles. The monoisotopic (exact) mass is 322 g/mol. The van der Waals surface area contributed by atoms with Crippen molar-refractivity contribution < 1.29 is 14.3 Å². The third-order valence-corrected chi connectivity index (χ3v) is 4.89. The van der Waals surface area contributed by atoms with Crippen molar-refractivity contribution in [2.24, 2.45) is 5.73 Å². The summed E-state index contributed by atoms with van der Waals surface area (Å²) in [6, 6.07) is 7.10. The number of primary amides is 1. The lowest BCUT2D eigenvalue weighted by molar-refractivity contribution is -0.119. The van der Waals surface area contributed by atoms with Crippen LogP contribution in [0.25, 0.3) is 0 Å². The summed E-state index contributed by atoms with van der Waals surface area (Å²) in [6.07, 6.45) is 6.47. The van der Waals surface area contributed by atoms with Crippen LogP contribution in [0, 0.1) is 0 Å². The SMILES string of the molecule is CSC1CCCC(NC(=O)c2ccccc2OCC(N)=O)C1. The maximum atomic E-state index is 12.5. The Morgan fingerprint density at radius 2 is 2.14 bits per heavy atom. The molecular formula is C16H22N2O3S. The Morgan fingerprint density at radius 3 is 2.86 bits per heavy atom. The molecule has 0 heterocycles. The van der Waals surface area contributed by atoms with Crippen molar-refractivity contribution in [3.63, 3.8) is 0 Å². The van der Waals surface area contributed by atoms with Crippen LogP contribution in [0.5, 0.6) is 5.75 Å². The number of thioether (sulfide) groups is 1. The first-order chi connectivity index (χ1) is 10.6. The highest BCUT2D eigenvalue weighted by molar-refractivity contribution is 7.99. The molecule has 6 heteroatoms. The van der Waals surface area contributed by atoms with E-state index in [9.17, 15) is 9.59 Å². The molecule has 0 bridgehead atoms. The fraction of sp³-hybridized carbons (Fsp3) is 0.500. The summed E-state index contributed by atoms with van der Waals surface area (Å²) >= 11 is 1.86. The van der Waals surface area contributed by atoms with E-state index in [1.54, 1.807) is 24.3 Å². The fourth-order valence-corrected chi connectivity index (χ4v) is 3.51. The van der Waals surface area contributed by atoms with Gasteiger partial charge in [0.15, 0.2) is 6.61 Å². The van der Waals surface area contributed by atoms with Gasteiger partial charge in [0.05, 0.1) is 5.56 Å². The highest BCUT2D eigenvalue weighted by Crippen LogP contribution is 2.27. The van der Waals surface area contributed by atoms with Crippen LogP contribution in [0.4, 0.5) is 0 Å². The predicted molar refractivity (Wildman–Crippen MR) is 88.2 cm³/mol. The molecule has 0 aromatic heterocycles. The molecule has 0 spiro atoms. The van der Waals surface area contributed by atoms with Gasteiger partial charge in [-0.25, -0.2) is 0 Å². The van der Waals surface area contributed by atoms with E-state index in [0.717, 1.165) is 19.3 Å². The van der Waals surface area contributed by atoms with E-state index in [1.807, 2.05) is 11.8 Å². The lowest BCUT2D eigenvalue weighted by Crippen LogP contribution is -2.39. The summed E-state index contributed by atoms with van der Waals surface area (Å²) in [7, 11) is 0. The predicted octanol–water partition coefficient (Wildman–Crippen LogP) is 1.95. The number of hydrogen-bond acceptors (Lipinski definition) is 4. The van der Waals surface area contributed by atoms with Gasteiger partial charge in [0.25, 0.3) is 11.8 Å². The number of nitrogens with one attached hydrogen (secondary N) is 1. The standard InChI is InChI=1S/C16H22N2O3S/c1-22-12-6-4-5-11(9-12)18-16(20)13-7-2-3-8-14(13)21-10-15(17)19/h2-3,7-8,11-12H,4-6,9-10H2,1H3,(H2,17,19)(H,18,20). The first-order valence-corrected chi connectivity index (χ1v) is 8.72. The molecule has 3 N–H and O–H groups in total. The zero-order chi connectivity index (χ0) is 15.9. The van der Waals surface area contributed by atoms with E-state index in [1.165, 1.54) is 6.42 Å². The molecule has 0 radical (unpaired) electrons. The number of ether oxygens (including phenoxy) is 1. The third-order valence-electron chi connectivity index (χ3n) is 3.80. The van der Waals surface area contributed by atoms with Gasteiger partial charge in [-0.05, 0) is 37.7 Å². The lowest BCUT2D eigenvalue weighted by atomic mass is 9.94. The van der Waals surface area contributed by atoms with Gasteiger partial charge in [-0.3, -0.25) is 9.59 Å². The molecule has 1 fully saturated rings. The molecule has 22 heavy (non-hydrogen) atoms. The first-order valence-electron chi connectivity index (χ1n) is 7.44. The van der Waals surface area contributed by atoms with Gasteiger partial charge < -0.3 is 15.8 Å². The van der Waals surface area contributed by atoms with Crippen LogP contribution in [0.1, 0.15) is 36.0 Å². The van der Waals surface area contributed by atoms with Gasteiger partial charge in [-0.1, -0.05) is 18.6 Å². The molecule has 120 valence electrons. The second-order valence-corrected chi connectivity index (χ2v) is 6.58. The van der Waals surface area contributed by atoms with Gasteiger partial charge in [-0.15, -0.1) is 0 Å². The van der Waals surface area contributed by atoms with Crippen LogP contribution in [-0.2, 0) is 4.79 Å². The zero-order valence-electron chi connectivity index (χ0n) is 12.7. The fourth-order valence-electron chi connectivity index (χ4n) is 2.68. The molecule has 2 unspecified atom stereocenters. The van der Waals surface area contributed by atoms with Crippen molar-refractivity contribution in [2.75, 3.05) is 12.9 Å². The van der Waals surface area contributed by atoms with Crippen molar-refractivity contribution in [1.82, 2.24) is 5.32 Å². The van der Waals surface area contributed by atoms with Crippen LogP contribution in [0.15, 0.2) is 24.3 Å². The molecule has 1 aliphatic carbocycles. The average molecular weight is 322 g/mol. The van der Waals surface area contributed by atoms with Crippen LogP contribution >= 0.6 is 11.8 Å². The Hall–Kier alpha value is -1.69. The minimum Gasteiger partial charge on any atom is -0.483 e. The van der Waals surface area contributed by atoms with Gasteiger partial charge in [0.1, 0.15) is 5.75 Å². The van der Waals surface area contributed by atoms with E-state index >= 15 is 0 Å². The van der Waals surface area contributed by atoms with Gasteiger partial charge in [0.2, 0.25) is 0 Å². The molecule has 1 aromatic rings. The highest BCUT2D eigenvalue weighted by Gasteiger charge is 2.24. The van der Waals surface area contributed by atoms with E-state index < -0.39 is 5.91 Å². The molecule has 2 rings (SSSR count). The van der Waals surface area contributed by atoms with Crippen molar-refractivity contribution in [2.45, 2.75) is 37.0 Å². The molecule has 5 nitrogen and oxygen atoms in total. The number of carbonyl (C=O) groups is 2. The minimum absolute atomic E-state index is 0.160. The number of benzene rings is 1. The second kappa shape index (κ2) is 8.08.